The minimum Gasteiger partial charge on any atom is -0.508 e. The third-order valence-electron chi connectivity index (χ3n) is 3.70. The predicted octanol–water partition coefficient (Wildman–Crippen LogP) is 1.35. The van der Waals surface area contributed by atoms with Gasteiger partial charge >= 0.3 is 0 Å². The van der Waals surface area contributed by atoms with Crippen molar-refractivity contribution in [3.63, 3.8) is 0 Å². The number of carbonyl (C=O) groups is 2. The van der Waals surface area contributed by atoms with Gasteiger partial charge < -0.3 is 30.5 Å². The van der Waals surface area contributed by atoms with Crippen molar-refractivity contribution in [2.45, 2.75) is 38.6 Å². The van der Waals surface area contributed by atoms with Gasteiger partial charge in [-0.3, -0.25) is 4.79 Å². The molecule has 4 N–H and O–H groups in total. The van der Waals surface area contributed by atoms with Gasteiger partial charge in [0.15, 0.2) is 0 Å². The molecule has 1 aliphatic rings. The first-order valence-corrected chi connectivity index (χ1v) is 9.54. The number of phenols is 1. The van der Waals surface area contributed by atoms with Crippen LogP contribution in [0.5, 0.6) is 5.75 Å². The van der Waals surface area contributed by atoms with E-state index in [1.54, 1.807) is 38.5 Å². The number of nitrogens with one attached hydrogen (secondary N) is 2. The van der Waals surface area contributed by atoms with E-state index in [4.69, 9.17) is 10.3 Å². The van der Waals surface area contributed by atoms with E-state index in [1.165, 1.54) is 5.06 Å². The Hall–Kier alpha value is -0.896. The topological polar surface area (TPSA) is 111 Å². The van der Waals surface area contributed by atoms with Crippen LogP contribution in [0.15, 0.2) is 24.3 Å². The van der Waals surface area contributed by atoms with Crippen LogP contribution in [0.3, 0.4) is 0 Å². The Morgan fingerprint density at radius 3 is 2.21 bits per heavy atom. The van der Waals surface area contributed by atoms with E-state index < -0.39 is 6.04 Å². The Kier molecular flexibility index (Phi) is 21.3. The number of hydroxylamine groups is 2. The molecular weight excluding hydrogens is 451 g/mol. The van der Waals surface area contributed by atoms with E-state index in [0.29, 0.717) is 6.42 Å². The van der Waals surface area contributed by atoms with Gasteiger partial charge in [0.2, 0.25) is 5.91 Å². The minimum atomic E-state index is -0.541. The molecule has 1 fully saturated rings. The number of aldehydes is 1. The van der Waals surface area contributed by atoms with Crippen molar-refractivity contribution in [1.29, 1.82) is 0 Å². The molecule has 0 bridgehead atoms. The Labute approximate surface area is 199 Å². The van der Waals surface area contributed by atoms with Crippen LogP contribution in [0.4, 0.5) is 0 Å². The van der Waals surface area contributed by atoms with Crippen molar-refractivity contribution in [1.82, 2.24) is 15.7 Å². The number of hydrogen-bond acceptors (Lipinski definition) is 7. The quantitative estimate of drug-likeness (QED) is 0.324. The molecule has 0 aliphatic carbocycles. The molecule has 1 aromatic rings. The van der Waals surface area contributed by atoms with Crippen molar-refractivity contribution in [2.24, 2.45) is 0 Å². The van der Waals surface area contributed by atoms with Crippen LogP contribution >= 0.6 is 0 Å². The summed E-state index contributed by atoms with van der Waals surface area (Å²) in [5.41, 5.74) is 0.886. The molecule has 1 aliphatic heterocycles. The van der Waals surface area contributed by atoms with Crippen LogP contribution in [0.2, 0.25) is 0 Å². The summed E-state index contributed by atoms with van der Waals surface area (Å²) in [5.74, 6) is -0.0106. The Morgan fingerprint density at radius 1 is 1.24 bits per heavy atom. The normalized spacial score (nSPS) is 13.7. The standard InChI is InChI=1S/C14H20N2O3.C4H9NO.C2H6O.Y/c1-2-7-15-9-14(19)16-12(10-17)8-11-3-5-13(18)6-4-11;6-5-3-1-2-4-5;1-3-2;/h3-6,10,12,15,18H,2,7-9H2,1H3,(H,16,19);6H,1-4H2;1-2H3;. The fourth-order valence-corrected chi connectivity index (χ4v) is 2.36. The van der Waals surface area contributed by atoms with Gasteiger partial charge in [-0.1, -0.05) is 19.1 Å². The first kappa shape index (κ1) is 30.3. The number of methoxy groups -OCH3 is 1. The smallest absolute Gasteiger partial charge is 0.234 e. The van der Waals surface area contributed by atoms with Gasteiger partial charge in [-0.05, 0) is 49.9 Å². The maximum atomic E-state index is 11.6. The van der Waals surface area contributed by atoms with Gasteiger partial charge in [-0.15, -0.1) is 0 Å². The number of carbonyl (C=O) groups excluding carboxylic acids is 2. The summed E-state index contributed by atoms with van der Waals surface area (Å²) < 4.78 is 4.25. The zero-order valence-electron chi connectivity index (χ0n) is 17.8. The zero-order valence-corrected chi connectivity index (χ0v) is 20.6. The largest absolute Gasteiger partial charge is 0.508 e. The second kappa shape index (κ2) is 20.4. The fourth-order valence-electron chi connectivity index (χ4n) is 2.36. The second-order valence-corrected chi connectivity index (χ2v) is 6.43. The van der Waals surface area contributed by atoms with Gasteiger partial charge in [-0.2, -0.15) is 5.06 Å². The van der Waals surface area contributed by atoms with Crippen LogP contribution in [0, 0.1) is 0 Å². The average molecular weight is 486 g/mol. The summed E-state index contributed by atoms with van der Waals surface area (Å²) in [5, 5.41) is 24.7. The van der Waals surface area contributed by atoms with Gasteiger partial charge in [0.25, 0.3) is 0 Å². The Balaban J connectivity index is 0. The monoisotopic (exact) mass is 486 g/mol. The summed E-state index contributed by atoms with van der Waals surface area (Å²) in [6, 6.07) is 6.03. The van der Waals surface area contributed by atoms with Crippen LogP contribution < -0.4 is 10.6 Å². The number of nitrogens with zero attached hydrogens (tertiary/aromatic N) is 1. The van der Waals surface area contributed by atoms with Crippen molar-refractivity contribution in [3.05, 3.63) is 29.8 Å². The van der Waals surface area contributed by atoms with Crippen molar-refractivity contribution < 1.29 is 57.3 Å². The summed E-state index contributed by atoms with van der Waals surface area (Å²) in [6.07, 6.45) is 4.43. The Bertz CT molecular complexity index is 525. The number of amides is 1. The first-order valence-electron chi connectivity index (χ1n) is 9.54. The third-order valence-corrected chi connectivity index (χ3v) is 3.70. The molecule has 1 heterocycles. The molecule has 1 radical (unpaired) electrons. The van der Waals surface area contributed by atoms with Crippen molar-refractivity contribution in [3.8, 4) is 5.75 Å². The van der Waals surface area contributed by atoms with E-state index in [-0.39, 0.29) is 50.9 Å². The van der Waals surface area contributed by atoms with E-state index in [2.05, 4.69) is 15.4 Å². The number of phenolic OH excluding ortho intramolecular Hbond substituents is 1. The maximum absolute atomic E-state index is 11.6. The average Bonchev–Trinajstić information content (AvgIpc) is 3.15. The number of hydrogen-bond donors (Lipinski definition) is 4. The zero-order chi connectivity index (χ0) is 21.2. The molecule has 0 aromatic heterocycles. The molecule has 1 atom stereocenters. The fraction of sp³-hybridized carbons (Fsp3) is 0.600. The molecule has 29 heavy (non-hydrogen) atoms. The van der Waals surface area contributed by atoms with Crippen molar-refractivity contribution in [2.75, 3.05) is 40.4 Å². The maximum Gasteiger partial charge on any atom is 0.234 e. The minimum absolute atomic E-state index is 0. The van der Waals surface area contributed by atoms with Crippen LogP contribution in [-0.2, 0) is 53.5 Å². The summed E-state index contributed by atoms with van der Waals surface area (Å²) >= 11 is 0. The van der Waals surface area contributed by atoms with Gasteiger partial charge in [0.05, 0.1) is 12.6 Å². The number of rotatable bonds is 8. The SMILES string of the molecule is CCCNCC(=O)NC(C=O)Cc1ccc(O)cc1.COC.ON1CCCC1.[Y]. The van der Waals surface area contributed by atoms with E-state index in [9.17, 15) is 9.59 Å². The summed E-state index contributed by atoms with van der Waals surface area (Å²) in [7, 11) is 3.25. The molecule has 163 valence electrons. The van der Waals surface area contributed by atoms with Gasteiger partial charge in [-0.25, -0.2) is 0 Å². The number of ether oxygens (including phenoxy) is 1. The number of benzene rings is 1. The molecule has 8 nitrogen and oxygen atoms in total. The summed E-state index contributed by atoms with van der Waals surface area (Å²) in [4.78, 5) is 22.5. The molecule has 1 unspecified atom stereocenters. The van der Waals surface area contributed by atoms with E-state index in [1.807, 2.05) is 6.92 Å². The summed E-state index contributed by atoms with van der Waals surface area (Å²) in [6.45, 7) is 4.76. The van der Waals surface area contributed by atoms with E-state index >= 15 is 0 Å². The molecule has 1 saturated heterocycles. The molecule has 2 rings (SSSR count). The Morgan fingerprint density at radius 2 is 1.79 bits per heavy atom. The van der Waals surface area contributed by atoms with E-state index in [0.717, 1.165) is 50.7 Å². The first-order chi connectivity index (χ1) is 13.5. The van der Waals surface area contributed by atoms with Crippen LogP contribution in [0.1, 0.15) is 31.7 Å². The molecule has 0 spiro atoms. The molecular formula is C20H35N3O5Y. The van der Waals surface area contributed by atoms with Gasteiger partial charge in [0.1, 0.15) is 12.0 Å². The van der Waals surface area contributed by atoms with Crippen molar-refractivity contribution >= 4 is 12.2 Å². The van der Waals surface area contributed by atoms with Crippen LogP contribution in [-0.4, -0.2) is 74.0 Å². The molecule has 9 heteroatoms. The third kappa shape index (κ3) is 17.7. The molecule has 1 aromatic carbocycles. The predicted molar refractivity (Wildman–Crippen MR) is 108 cm³/mol. The second-order valence-electron chi connectivity index (χ2n) is 6.43. The van der Waals surface area contributed by atoms with Crippen LogP contribution in [0.25, 0.3) is 0 Å². The van der Waals surface area contributed by atoms with Gasteiger partial charge in [0, 0.05) is 60.0 Å². The molecule has 1 amide bonds. The number of aromatic hydroxyl groups is 1. The molecule has 0 saturated carbocycles.